The van der Waals surface area contributed by atoms with E-state index in [0.29, 0.717) is 13.0 Å². The Morgan fingerprint density at radius 2 is 2.00 bits per heavy atom. The largest absolute Gasteiger partial charge is 0.465 e. The number of carbonyl (C=O) groups excluding carboxylic acids is 1. The lowest BCUT2D eigenvalue weighted by Crippen LogP contribution is -2.06. The molecule has 2 N–H and O–H groups in total. The van der Waals surface area contributed by atoms with E-state index in [1.807, 2.05) is 31.2 Å². The van der Waals surface area contributed by atoms with E-state index in [-0.39, 0.29) is 5.97 Å². The van der Waals surface area contributed by atoms with Crippen LogP contribution in [0.5, 0.6) is 0 Å². The molecule has 0 amide bonds. The van der Waals surface area contributed by atoms with Crippen LogP contribution in [0.3, 0.4) is 0 Å². The molecule has 0 spiro atoms. The smallest absolute Gasteiger partial charge is 0.305 e. The molecule has 82 valence electrons. The monoisotopic (exact) mass is 207 g/mol. The molecule has 3 nitrogen and oxygen atoms in total. The van der Waals surface area contributed by atoms with E-state index < -0.39 is 0 Å². The lowest BCUT2D eigenvalue weighted by molar-refractivity contribution is -0.143. The molecule has 0 aliphatic heterocycles. The Kier molecular flexibility index (Phi) is 4.68. The summed E-state index contributed by atoms with van der Waals surface area (Å²) < 4.78 is 5.05. The van der Waals surface area contributed by atoms with Gasteiger partial charge in [-0.1, -0.05) is 19.1 Å². The van der Waals surface area contributed by atoms with Crippen LogP contribution in [0.4, 0.5) is 5.69 Å². The highest BCUT2D eigenvalue weighted by Gasteiger charge is 2.00. The fraction of sp³-hybridized carbons (Fsp3) is 0.417. The lowest BCUT2D eigenvalue weighted by atomic mass is 10.1. The van der Waals surface area contributed by atoms with Crippen LogP contribution in [-0.2, 0) is 16.0 Å². The van der Waals surface area contributed by atoms with Gasteiger partial charge in [-0.2, -0.15) is 0 Å². The minimum atomic E-state index is -0.118. The van der Waals surface area contributed by atoms with Crippen molar-refractivity contribution in [1.29, 1.82) is 0 Å². The first-order valence-corrected chi connectivity index (χ1v) is 5.22. The number of benzene rings is 1. The molecule has 0 saturated heterocycles. The average Bonchev–Trinajstić information content (AvgIpc) is 2.21. The van der Waals surface area contributed by atoms with Crippen molar-refractivity contribution in [3.63, 3.8) is 0 Å². The van der Waals surface area contributed by atoms with Gasteiger partial charge in [-0.3, -0.25) is 4.79 Å². The Morgan fingerprint density at radius 3 is 2.60 bits per heavy atom. The van der Waals surface area contributed by atoms with E-state index in [9.17, 15) is 4.79 Å². The number of rotatable bonds is 5. The van der Waals surface area contributed by atoms with Crippen LogP contribution in [0.1, 0.15) is 25.3 Å². The van der Waals surface area contributed by atoms with Gasteiger partial charge in [-0.05, 0) is 24.1 Å². The molecule has 0 saturated carbocycles. The molecule has 1 aromatic rings. The first-order valence-electron chi connectivity index (χ1n) is 5.22. The van der Waals surface area contributed by atoms with Crippen LogP contribution in [0.2, 0.25) is 0 Å². The summed E-state index contributed by atoms with van der Waals surface area (Å²) >= 11 is 0. The third kappa shape index (κ3) is 4.49. The summed E-state index contributed by atoms with van der Waals surface area (Å²) in [6.07, 6.45) is 2.08. The van der Waals surface area contributed by atoms with Crippen molar-refractivity contribution in [2.75, 3.05) is 12.3 Å². The Hall–Kier alpha value is -1.51. The summed E-state index contributed by atoms with van der Waals surface area (Å²) in [5.41, 5.74) is 7.44. The summed E-state index contributed by atoms with van der Waals surface area (Å²) in [4.78, 5) is 11.0. The van der Waals surface area contributed by atoms with E-state index in [4.69, 9.17) is 10.5 Å². The standard InChI is InChI=1S/C12H17NO2/c1-2-3-12(14)15-9-8-10-4-6-11(13)7-5-10/h4-7H,2-3,8-9,13H2,1H3. The zero-order chi connectivity index (χ0) is 11.1. The Bertz CT molecular complexity index is 306. The molecule has 0 aromatic heterocycles. The van der Waals surface area contributed by atoms with Crippen molar-refractivity contribution in [1.82, 2.24) is 0 Å². The Labute approximate surface area is 90.2 Å². The highest BCUT2D eigenvalue weighted by atomic mass is 16.5. The highest BCUT2D eigenvalue weighted by Crippen LogP contribution is 2.06. The minimum Gasteiger partial charge on any atom is -0.465 e. The van der Waals surface area contributed by atoms with Gasteiger partial charge in [0.1, 0.15) is 0 Å². The molecule has 0 heterocycles. The van der Waals surface area contributed by atoms with Gasteiger partial charge in [0, 0.05) is 18.5 Å². The Morgan fingerprint density at radius 1 is 1.33 bits per heavy atom. The van der Waals surface area contributed by atoms with Crippen LogP contribution < -0.4 is 5.73 Å². The van der Waals surface area contributed by atoms with Crippen molar-refractivity contribution in [3.05, 3.63) is 29.8 Å². The molecule has 0 atom stereocenters. The van der Waals surface area contributed by atoms with Gasteiger partial charge in [0.25, 0.3) is 0 Å². The first kappa shape index (κ1) is 11.6. The third-order valence-electron chi connectivity index (χ3n) is 2.09. The number of carbonyl (C=O) groups is 1. The molecule has 1 rings (SSSR count). The third-order valence-corrected chi connectivity index (χ3v) is 2.09. The van der Waals surface area contributed by atoms with Gasteiger partial charge in [0.15, 0.2) is 0 Å². The zero-order valence-corrected chi connectivity index (χ0v) is 9.03. The normalized spacial score (nSPS) is 9.93. The van der Waals surface area contributed by atoms with E-state index in [0.717, 1.165) is 24.1 Å². The molecule has 0 radical (unpaired) electrons. The molecule has 0 bridgehead atoms. The molecule has 15 heavy (non-hydrogen) atoms. The second-order valence-electron chi connectivity index (χ2n) is 3.46. The summed E-state index contributed by atoms with van der Waals surface area (Å²) in [6, 6.07) is 7.60. The van der Waals surface area contributed by atoms with Gasteiger partial charge in [-0.15, -0.1) is 0 Å². The number of esters is 1. The summed E-state index contributed by atoms with van der Waals surface area (Å²) in [5, 5.41) is 0. The van der Waals surface area contributed by atoms with E-state index >= 15 is 0 Å². The van der Waals surface area contributed by atoms with Crippen molar-refractivity contribution in [3.8, 4) is 0 Å². The maximum atomic E-state index is 11.0. The fourth-order valence-corrected chi connectivity index (χ4v) is 1.24. The number of anilines is 1. The van der Waals surface area contributed by atoms with E-state index in [2.05, 4.69) is 0 Å². The summed E-state index contributed by atoms with van der Waals surface area (Å²) in [6.45, 7) is 2.41. The maximum absolute atomic E-state index is 11.0. The quantitative estimate of drug-likeness (QED) is 0.594. The molecular weight excluding hydrogens is 190 g/mol. The van der Waals surface area contributed by atoms with Crippen LogP contribution in [0, 0.1) is 0 Å². The maximum Gasteiger partial charge on any atom is 0.305 e. The first-order chi connectivity index (χ1) is 7.22. The predicted octanol–water partition coefficient (Wildman–Crippen LogP) is 2.15. The molecule has 0 aliphatic carbocycles. The van der Waals surface area contributed by atoms with Crippen LogP contribution >= 0.6 is 0 Å². The SMILES string of the molecule is CCCC(=O)OCCc1ccc(N)cc1. The second-order valence-corrected chi connectivity index (χ2v) is 3.46. The molecule has 0 fully saturated rings. The molecule has 3 heteroatoms. The van der Waals surface area contributed by atoms with Gasteiger partial charge in [0.05, 0.1) is 6.61 Å². The molecule has 1 aromatic carbocycles. The highest BCUT2D eigenvalue weighted by molar-refractivity contribution is 5.69. The topological polar surface area (TPSA) is 52.3 Å². The predicted molar refractivity (Wildman–Crippen MR) is 60.4 cm³/mol. The van der Waals surface area contributed by atoms with Gasteiger partial charge in [-0.25, -0.2) is 0 Å². The minimum absolute atomic E-state index is 0.118. The van der Waals surface area contributed by atoms with Crippen molar-refractivity contribution < 1.29 is 9.53 Å². The Balaban J connectivity index is 2.26. The number of nitrogens with two attached hydrogens (primary N) is 1. The second kappa shape index (κ2) is 6.06. The fourth-order valence-electron chi connectivity index (χ4n) is 1.24. The van der Waals surface area contributed by atoms with Crippen LogP contribution in [-0.4, -0.2) is 12.6 Å². The lowest BCUT2D eigenvalue weighted by Gasteiger charge is -2.04. The number of nitrogen functional groups attached to an aromatic ring is 1. The van der Waals surface area contributed by atoms with Gasteiger partial charge < -0.3 is 10.5 Å². The zero-order valence-electron chi connectivity index (χ0n) is 9.03. The van der Waals surface area contributed by atoms with Crippen molar-refractivity contribution in [2.24, 2.45) is 0 Å². The van der Waals surface area contributed by atoms with Crippen LogP contribution in [0.15, 0.2) is 24.3 Å². The van der Waals surface area contributed by atoms with E-state index in [1.165, 1.54) is 0 Å². The molecular formula is C12H17NO2. The summed E-state index contributed by atoms with van der Waals surface area (Å²) in [5.74, 6) is -0.118. The van der Waals surface area contributed by atoms with Gasteiger partial charge in [0.2, 0.25) is 0 Å². The van der Waals surface area contributed by atoms with Crippen molar-refractivity contribution in [2.45, 2.75) is 26.2 Å². The molecule has 0 unspecified atom stereocenters. The number of hydrogen-bond donors (Lipinski definition) is 1. The van der Waals surface area contributed by atoms with Crippen molar-refractivity contribution >= 4 is 11.7 Å². The van der Waals surface area contributed by atoms with Crippen LogP contribution in [0.25, 0.3) is 0 Å². The number of ether oxygens (including phenoxy) is 1. The number of hydrogen-bond acceptors (Lipinski definition) is 3. The van der Waals surface area contributed by atoms with Gasteiger partial charge >= 0.3 is 5.97 Å². The summed E-state index contributed by atoms with van der Waals surface area (Å²) in [7, 11) is 0. The van der Waals surface area contributed by atoms with E-state index in [1.54, 1.807) is 0 Å². The average molecular weight is 207 g/mol. The molecule has 0 aliphatic rings.